The molecule has 2 saturated carbocycles. The molecule has 2 rings (SSSR count). The second kappa shape index (κ2) is 3.31. The molecule has 14 heavy (non-hydrogen) atoms. The lowest BCUT2D eigenvalue weighted by molar-refractivity contribution is -0.118. The Balaban J connectivity index is 2.23. The Labute approximate surface area is 84.1 Å². The Morgan fingerprint density at radius 3 is 2.93 bits per heavy atom. The van der Waals surface area contributed by atoms with Crippen LogP contribution in [0.4, 0.5) is 0 Å². The Morgan fingerprint density at radius 2 is 2.29 bits per heavy atom. The molecule has 0 radical (unpaired) electrons. The van der Waals surface area contributed by atoms with Crippen LogP contribution in [-0.2, 0) is 4.79 Å². The molecule has 0 aliphatic heterocycles. The van der Waals surface area contributed by atoms with Crippen molar-refractivity contribution < 1.29 is 15.0 Å². The van der Waals surface area contributed by atoms with Crippen LogP contribution >= 0.6 is 0 Å². The van der Waals surface area contributed by atoms with E-state index in [1.165, 1.54) is 0 Å². The molecule has 80 valence electrons. The summed E-state index contributed by atoms with van der Waals surface area (Å²) < 4.78 is 0. The monoisotopic (exact) mass is 198 g/mol. The molecular formula is C11H18O3. The summed E-state index contributed by atoms with van der Waals surface area (Å²) in [5, 5.41) is 19.0. The minimum Gasteiger partial charge on any atom is -0.396 e. The molecule has 0 amide bonds. The van der Waals surface area contributed by atoms with E-state index in [1.54, 1.807) is 0 Å². The van der Waals surface area contributed by atoms with E-state index in [-0.39, 0.29) is 23.9 Å². The van der Waals surface area contributed by atoms with Gasteiger partial charge in [-0.25, -0.2) is 0 Å². The van der Waals surface area contributed by atoms with Gasteiger partial charge in [0.25, 0.3) is 0 Å². The molecule has 3 heteroatoms. The van der Waals surface area contributed by atoms with Crippen molar-refractivity contribution in [2.24, 2.45) is 17.3 Å². The fraction of sp³-hybridized carbons (Fsp3) is 0.909. The third kappa shape index (κ3) is 1.39. The first-order valence-electron chi connectivity index (χ1n) is 5.37. The number of carbonyl (C=O) groups excluding carboxylic acids is 1. The van der Waals surface area contributed by atoms with Crippen LogP contribution in [0.5, 0.6) is 0 Å². The molecule has 2 N–H and O–H groups in total. The number of aliphatic hydroxyl groups excluding tert-OH is 2. The van der Waals surface area contributed by atoms with E-state index in [0.717, 1.165) is 12.8 Å². The number of aliphatic hydroxyl groups is 2. The highest BCUT2D eigenvalue weighted by Gasteiger charge is 2.51. The van der Waals surface area contributed by atoms with Gasteiger partial charge >= 0.3 is 0 Å². The number of ketones is 1. The zero-order chi connectivity index (χ0) is 10.3. The zero-order valence-electron chi connectivity index (χ0n) is 8.57. The highest BCUT2D eigenvalue weighted by atomic mass is 16.3. The maximum absolute atomic E-state index is 11.4. The summed E-state index contributed by atoms with van der Waals surface area (Å²) in [6.45, 7) is 2.13. The van der Waals surface area contributed by atoms with Gasteiger partial charge in [0.1, 0.15) is 5.78 Å². The van der Waals surface area contributed by atoms with E-state index in [4.69, 9.17) is 0 Å². The van der Waals surface area contributed by atoms with E-state index < -0.39 is 6.10 Å². The minimum absolute atomic E-state index is 0.00863. The zero-order valence-corrected chi connectivity index (χ0v) is 8.57. The second-order valence-corrected chi connectivity index (χ2v) is 5.13. The molecule has 2 aliphatic rings. The number of Topliss-reactive ketones (excluding diaryl/α,β-unsaturated/α-hetero) is 1. The second-order valence-electron chi connectivity index (χ2n) is 5.13. The van der Waals surface area contributed by atoms with Gasteiger partial charge in [0.2, 0.25) is 0 Å². The van der Waals surface area contributed by atoms with Crippen molar-refractivity contribution in [3.63, 3.8) is 0 Å². The molecule has 0 saturated heterocycles. The van der Waals surface area contributed by atoms with Crippen LogP contribution in [0.2, 0.25) is 0 Å². The summed E-state index contributed by atoms with van der Waals surface area (Å²) in [6.07, 6.45) is 2.43. The van der Waals surface area contributed by atoms with E-state index in [2.05, 4.69) is 6.92 Å². The first-order valence-corrected chi connectivity index (χ1v) is 5.37. The molecule has 4 atom stereocenters. The Bertz CT molecular complexity index is 251. The first-order chi connectivity index (χ1) is 6.57. The van der Waals surface area contributed by atoms with Crippen LogP contribution in [0, 0.1) is 17.3 Å². The Hall–Kier alpha value is -0.410. The number of rotatable bonds is 1. The van der Waals surface area contributed by atoms with E-state index in [9.17, 15) is 15.0 Å². The lowest BCUT2D eigenvalue weighted by atomic mass is 9.63. The van der Waals surface area contributed by atoms with Gasteiger partial charge in [0.15, 0.2) is 0 Å². The third-order valence-electron chi connectivity index (χ3n) is 4.18. The molecule has 3 nitrogen and oxygen atoms in total. The molecule has 2 fully saturated rings. The van der Waals surface area contributed by atoms with E-state index >= 15 is 0 Å². The van der Waals surface area contributed by atoms with Crippen LogP contribution in [0.1, 0.15) is 32.6 Å². The van der Waals surface area contributed by atoms with Gasteiger partial charge in [0.05, 0.1) is 6.10 Å². The number of fused-ring (bicyclic) bond motifs is 1. The predicted octanol–water partition coefficient (Wildman–Crippen LogP) is 0.735. The van der Waals surface area contributed by atoms with Crippen molar-refractivity contribution in [1.82, 2.24) is 0 Å². The fourth-order valence-corrected chi connectivity index (χ4v) is 3.30. The van der Waals surface area contributed by atoms with Gasteiger partial charge in [-0.15, -0.1) is 0 Å². The predicted molar refractivity (Wildman–Crippen MR) is 51.7 cm³/mol. The minimum atomic E-state index is -0.413. The smallest absolute Gasteiger partial charge is 0.133 e. The van der Waals surface area contributed by atoms with Crippen LogP contribution in [0.3, 0.4) is 0 Å². The molecule has 0 bridgehead atoms. The molecule has 0 aromatic carbocycles. The average Bonchev–Trinajstić information content (AvgIpc) is 2.41. The summed E-state index contributed by atoms with van der Waals surface area (Å²) in [7, 11) is 0. The van der Waals surface area contributed by atoms with Crippen molar-refractivity contribution in [3.8, 4) is 0 Å². The van der Waals surface area contributed by atoms with E-state index in [1.807, 2.05) is 0 Å². The van der Waals surface area contributed by atoms with Crippen molar-refractivity contribution in [2.75, 3.05) is 6.61 Å². The number of hydrogen-bond acceptors (Lipinski definition) is 3. The molecule has 0 spiro atoms. The van der Waals surface area contributed by atoms with Gasteiger partial charge in [-0.3, -0.25) is 4.79 Å². The van der Waals surface area contributed by atoms with Gasteiger partial charge in [-0.1, -0.05) is 6.92 Å². The van der Waals surface area contributed by atoms with Crippen molar-refractivity contribution in [1.29, 1.82) is 0 Å². The Kier molecular flexibility index (Phi) is 2.40. The maximum atomic E-state index is 11.4. The summed E-state index contributed by atoms with van der Waals surface area (Å²) in [4.78, 5) is 11.4. The lowest BCUT2D eigenvalue weighted by Crippen LogP contribution is -2.42. The van der Waals surface area contributed by atoms with Crippen molar-refractivity contribution >= 4 is 5.78 Å². The number of carbonyl (C=O) groups is 1. The fourth-order valence-electron chi connectivity index (χ4n) is 3.30. The summed E-state index contributed by atoms with van der Waals surface area (Å²) in [6, 6.07) is 0. The summed E-state index contributed by atoms with van der Waals surface area (Å²) in [5.41, 5.74) is 0.0453. The van der Waals surface area contributed by atoms with Gasteiger partial charge in [0, 0.05) is 25.4 Å². The largest absolute Gasteiger partial charge is 0.396 e. The Morgan fingerprint density at radius 1 is 1.57 bits per heavy atom. The van der Waals surface area contributed by atoms with Gasteiger partial charge in [-0.2, -0.15) is 0 Å². The number of hydrogen-bond donors (Lipinski definition) is 2. The molecule has 0 aromatic heterocycles. The lowest BCUT2D eigenvalue weighted by Gasteiger charge is -2.43. The van der Waals surface area contributed by atoms with Crippen molar-refractivity contribution in [3.05, 3.63) is 0 Å². The molecule has 2 aliphatic carbocycles. The SMILES string of the molecule is C[C@]12CC[C@H](O)[C@@H](CO)[C@@H]1CC(=O)C2. The standard InChI is InChI=1S/C11H18O3/c1-11-3-2-10(14)8(6-12)9(11)4-7(13)5-11/h8-10,12,14H,2-6H2,1H3/t8-,9-,10-,11+/m0/s1. The maximum Gasteiger partial charge on any atom is 0.133 e. The van der Waals surface area contributed by atoms with Crippen LogP contribution < -0.4 is 0 Å². The quantitative estimate of drug-likeness (QED) is 0.653. The van der Waals surface area contributed by atoms with E-state index in [0.29, 0.717) is 18.6 Å². The molecule has 0 aromatic rings. The molecule has 0 unspecified atom stereocenters. The van der Waals surface area contributed by atoms with Crippen LogP contribution in [-0.4, -0.2) is 28.7 Å². The normalized spacial score (nSPS) is 47.9. The van der Waals surface area contributed by atoms with Crippen molar-refractivity contribution in [2.45, 2.75) is 38.7 Å². The highest BCUT2D eigenvalue weighted by Crippen LogP contribution is 2.52. The van der Waals surface area contributed by atoms with Crippen LogP contribution in [0.15, 0.2) is 0 Å². The topological polar surface area (TPSA) is 57.5 Å². The molecular weight excluding hydrogens is 180 g/mol. The van der Waals surface area contributed by atoms with Crippen LogP contribution in [0.25, 0.3) is 0 Å². The molecule has 0 heterocycles. The first kappa shape index (κ1) is 10.1. The highest BCUT2D eigenvalue weighted by molar-refractivity contribution is 5.82. The summed E-state index contributed by atoms with van der Waals surface area (Å²) in [5.74, 6) is 0.411. The average molecular weight is 198 g/mol. The summed E-state index contributed by atoms with van der Waals surface area (Å²) >= 11 is 0. The van der Waals surface area contributed by atoms with Gasteiger partial charge < -0.3 is 10.2 Å². The van der Waals surface area contributed by atoms with Gasteiger partial charge in [-0.05, 0) is 24.2 Å². The third-order valence-corrected chi connectivity index (χ3v) is 4.18.